The highest BCUT2D eigenvalue weighted by Gasteiger charge is 2.24. The predicted octanol–water partition coefficient (Wildman–Crippen LogP) is 3.45. The summed E-state index contributed by atoms with van der Waals surface area (Å²) in [4.78, 5) is 21.4. The van der Waals surface area contributed by atoms with Crippen molar-refractivity contribution in [2.24, 2.45) is 0 Å². The van der Waals surface area contributed by atoms with Gasteiger partial charge in [0, 0.05) is 25.6 Å². The average Bonchev–Trinajstić information content (AvgIpc) is 3.21. The zero-order chi connectivity index (χ0) is 18.6. The second-order valence-corrected chi connectivity index (χ2v) is 6.29. The van der Waals surface area contributed by atoms with Crippen LogP contribution in [-0.4, -0.2) is 29.0 Å². The molecular weight excluding hydrogens is 344 g/mol. The van der Waals surface area contributed by atoms with Crippen molar-refractivity contribution in [3.63, 3.8) is 0 Å². The third kappa shape index (κ3) is 3.54. The molecule has 0 bridgehead atoms. The van der Waals surface area contributed by atoms with E-state index in [1.54, 1.807) is 50.0 Å². The third-order valence-electron chi connectivity index (χ3n) is 4.56. The number of hydrogen-bond acceptors (Lipinski definition) is 6. The topological polar surface area (TPSA) is 80.5 Å². The Hall–Kier alpha value is -3.19. The summed E-state index contributed by atoms with van der Waals surface area (Å²) < 4.78 is 11.5. The highest BCUT2D eigenvalue weighted by molar-refractivity contribution is 6.05. The van der Waals surface area contributed by atoms with Crippen LogP contribution in [0.2, 0.25) is 0 Å². The van der Waals surface area contributed by atoms with Crippen LogP contribution in [-0.2, 0) is 0 Å². The fraction of sp³-hybridized carbons (Fsp3) is 0.250. The molecular formula is C20H20N4O3. The van der Waals surface area contributed by atoms with Gasteiger partial charge in [-0.15, -0.1) is 0 Å². The number of hydrogen-bond donors (Lipinski definition) is 1. The van der Waals surface area contributed by atoms with Crippen molar-refractivity contribution in [3.05, 3.63) is 60.7 Å². The number of aromatic nitrogens is 2. The minimum atomic E-state index is -0.237. The number of anilines is 1. The molecule has 27 heavy (non-hydrogen) atoms. The molecule has 0 aliphatic heterocycles. The standard InChI is InChI=1S/C20H20N4O3/c1-21-24(15-7-9-22-10-8-15)20(25)14-12-17(18-6-3-11-26-18)19(23-13-14)27-16-4-2-5-16/h3,6-13,16,21H,2,4-5H2,1H3. The van der Waals surface area contributed by atoms with Crippen molar-refractivity contribution in [3.8, 4) is 17.2 Å². The fourth-order valence-electron chi connectivity index (χ4n) is 2.89. The first kappa shape index (κ1) is 17.2. The summed E-state index contributed by atoms with van der Waals surface area (Å²) in [6.45, 7) is 0. The lowest BCUT2D eigenvalue weighted by molar-refractivity contribution is 0.0976. The number of pyridine rings is 2. The van der Waals surface area contributed by atoms with Crippen molar-refractivity contribution < 1.29 is 13.9 Å². The molecule has 7 nitrogen and oxygen atoms in total. The number of amides is 1. The van der Waals surface area contributed by atoms with Crippen LogP contribution in [0.3, 0.4) is 0 Å². The average molecular weight is 364 g/mol. The summed E-state index contributed by atoms with van der Waals surface area (Å²) in [5.41, 5.74) is 4.69. The molecule has 1 fully saturated rings. The van der Waals surface area contributed by atoms with Gasteiger partial charge in [-0.1, -0.05) is 0 Å². The first-order valence-electron chi connectivity index (χ1n) is 8.88. The maximum Gasteiger partial charge on any atom is 0.274 e. The van der Waals surface area contributed by atoms with Gasteiger partial charge in [-0.25, -0.2) is 15.4 Å². The Morgan fingerprint density at radius 1 is 1.30 bits per heavy atom. The van der Waals surface area contributed by atoms with E-state index in [1.165, 1.54) is 17.6 Å². The first-order chi connectivity index (χ1) is 13.3. The second-order valence-electron chi connectivity index (χ2n) is 6.29. The van der Waals surface area contributed by atoms with Crippen LogP contribution in [0, 0.1) is 0 Å². The van der Waals surface area contributed by atoms with Crippen LogP contribution < -0.4 is 15.2 Å². The van der Waals surface area contributed by atoms with E-state index in [1.807, 2.05) is 6.07 Å². The van der Waals surface area contributed by atoms with E-state index in [-0.39, 0.29) is 12.0 Å². The highest BCUT2D eigenvalue weighted by Crippen LogP contribution is 2.33. The van der Waals surface area contributed by atoms with Crippen LogP contribution in [0.5, 0.6) is 5.88 Å². The second kappa shape index (κ2) is 7.59. The predicted molar refractivity (Wildman–Crippen MR) is 100 cm³/mol. The number of furan rings is 1. The molecule has 1 saturated carbocycles. The molecule has 0 aromatic carbocycles. The lowest BCUT2D eigenvalue weighted by Gasteiger charge is -2.27. The van der Waals surface area contributed by atoms with Gasteiger partial charge >= 0.3 is 0 Å². The number of carbonyl (C=O) groups excluding carboxylic acids is 1. The normalized spacial score (nSPS) is 13.8. The van der Waals surface area contributed by atoms with Gasteiger partial charge in [-0.05, 0) is 49.6 Å². The van der Waals surface area contributed by atoms with Crippen molar-refractivity contribution in [2.75, 3.05) is 12.1 Å². The summed E-state index contributed by atoms with van der Waals surface area (Å²) in [5, 5.41) is 1.44. The van der Waals surface area contributed by atoms with E-state index in [0.29, 0.717) is 28.5 Å². The van der Waals surface area contributed by atoms with Gasteiger partial charge in [-0.3, -0.25) is 9.78 Å². The molecule has 0 radical (unpaired) electrons. The Balaban J connectivity index is 1.68. The van der Waals surface area contributed by atoms with E-state index in [2.05, 4.69) is 15.4 Å². The third-order valence-corrected chi connectivity index (χ3v) is 4.56. The molecule has 3 heterocycles. The van der Waals surface area contributed by atoms with E-state index in [0.717, 1.165) is 12.8 Å². The van der Waals surface area contributed by atoms with Crippen LogP contribution in [0.25, 0.3) is 11.3 Å². The zero-order valence-corrected chi connectivity index (χ0v) is 15.0. The number of rotatable bonds is 6. The largest absolute Gasteiger partial charge is 0.474 e. The summed E-state index contributed by atoms with van der Waals surface area (Å²) in [6.07, 6.45) is 9.79. The summed E-state index contributed by atoms with van der Waals surface area (Å²) in [7, 11) is 1.69. The maximum atomic E-state index is 13.0. The molecule has 0 spiro atoms. The van der Waals surface area contributed by atoms with Gasteiger partial charge in [-0.2, -0.15) is 0 Å². The Morgan fingerprint density at radius 3 is 2.74 bits per heavy atom. The Kier molecular flexibility index (Phi) is 4.84. The molecule has 7 heteroatoms. The van der Waals surface area contributed by atoms with Gasteiger partial charge in [0.2, 0.25) is 5.88 Å². The van der Waals surface area contributed by atoms with Crippen LogP contribution in [0.15, 0.2) is 59.6 Å². The number of nitrogens with one attached hydrogen (secondary N) is 1. The molecule has 0 saturated heterocycles. The van der Waals surface area contributed by atoms with Crippen molar-refractivity contribution >= 4 is 11.6 Å². The number of nitrogens with zero attached hydrogens (tertiary/aromatic N) is 3. The van der Waals surface area contributed by atoms with Gasteiger partial charge in [0.05, 0.1) is 23.1 Å². The Labute approximate surface area is 157 Å². The lowest BCUT2D eigenvalue weighted by atomic mass is 9.96. The van der Waals surface area contributed by atoms with Gasteiger partial charge < -0.3 is 9.15 Å². The molecule has 0 unspecified atom stereocenters. The van der Waals surface area contributed by atoms with Gasteiger partial charge in [0.15, 0.2) is 0 Å². The maximum absolute atomic E-state index is 13.0. The minimum absolute atomic E-state index is 0.179. The molecule has 0 atom stereocenters. The molecule has 3 aromatic rings. The molecule has 1 aliphatic rings. The summed E-state index contributed by atoms with van der Waals surface area (Å²) in [5.74, 6) is 0.872. The fourth-order valence-corrected chi connectivity index (χ4v) is 2.89. The first-order valence-corrected chi connectivity index (χ1v) is 8.88. The Morgan fingerprint density at radius 2 is 2.11 bits per heavy atom. The zero-order valence-electron chi connectivity index (χ0n) is 15.0. The monoisotopic (exact) mass is 364 g/mol. The van der Waals surface area contributed by atoms with Crippen LogP contribution >= 0.6 is 0 Å². The highest BCUT2D eigenvalue weighted by atomic mass is 16.5. The van der Waals surface area contributed by atoms with E-state index >= 15 is 0 Å². The van der Waals surface area contributed by atoms with E-state index in [4.69, 9.17) is 9.15 Å². The molecule has 1 amide bonds. The molecule has 138 valence electrons. The van der Waals surface area contributed by atoms with Crippen LogP contribution in [0.4, 0.5) is 5.69 Å². The summed E-state index contributed by atoms with van der Waals surface area (Å²) in [6, 6.07) is 8.89. The SMILES string of the molecule is CNN(C(=O)c1cnc(OC2CCC2)c(-c2ccco2)c1)c1ccncc1. The molecule has 4 rings (SSSR count). The minimum Gasteiger partial charge on any atom is -0.474 e. The van der Waals surface area contributed by atoms with E-state index in [9.17, 15) is 4.79 Å². The van der Waals surface area contributed by atoms with Crippen molar-refractivity contribution in [2.45, 2.75) is 25.4 Å². The number of hydrazine groups is 1. The van der Waals surface area contributed by atoms with Crippen LogP contribution in [0.1, 0.15) is 29.6 Å². The number of carbonyl (C=O) groups is 1. The lowest BCUT2D eigenvalue weighted by Crippen LogP contribution is -2.40. The molecule has 3 aromatic heterocycles. The number of ether oxygens (including phenoxy) is 1. The quantitative estimate of drug-likeness (QED) is 0.675. The Bertz CT molecular complexity index is 908. The molecule has 1 N–H and O–H groups in total. The van der Waals surface area contributed by atoms with E-state index < -0.39 is 0 Å². The van der Waals surface area contributed by atoms with Crippen molar-refractivity contribution in [1.82, 2.24) is 15.4 Å². The van der Waals surface area contributed by atoms with Crippen molar-refractivity contribution in [1.29, 1.82) is 0 Å². The smallest absolute Gasteiger partial charge is 0.274 e. The summed E-state index contributed by atoms with van der Waals surface area (Å²) >= 11 is 0. The molecule has 1 aliphatic carbocycles. The van der Waals surface area contributed by atoms with Gasteiger partial charge in [0.1, 0.15) is 11.9 Å². The van der Waals surface area contributed by atoms with Gasteiger partial charge in [0.25, 0.3) is 5.91 Å².